The van der Waals surface area contributed by atoms with E-state index < -0.39 is 12.0 Å². The maximum atomic E-state index is 11.3. The van der Waals surface area contributed by atoms with E-state index in [0.29, 0.717) is 12.4 Å². The predicted octanol–water partition coefficient (Wildman–Crippen LogP) is 4.65. The van der Waals surface area contributed by atoms with Gasteiger partial charge >= 0.3 is 5.97 Å². The highest BCUT2D eigenvalue weighted by Crippen LogP contribution is 2.35. The molecule has 0 saturated carbocycles. The van der Waals surface area contributed by atoms with E-state index in [4.69, 9.17) is 9.47 Å². The minimum Gasteiger partial charge on any atom is -0.496 e. The minimum absolute atomic E-state index is 0.0591. The average molecular weight is 436 g/mol. The summed E-state index contributed by atoms with van der Waals surface area (Å²) in [4.78, 5) is 11.3. The maximum Gasteiger partial charge on any atom is 0.321 e. The number of nitrogens with one attached hydrogen (secondary N) is 1. The van der Waals surface area contributed by atoms with Crippen LogP contribution in [0.4, 0.5) is 0 Å². The van der Waals surface area contributed by atoms with Crippen LogP contribution in [0.2, 0.25) is 0 Å². The molecule has 31 heavy (non-hydrogen) atoms. The zero-order valence-corrected chi connectivity index (χ0v) is 18.1. The summed E-state index contributed by atoms with van der Waals surface area (Å²) in [5, 5.41) is 12.3. The molecule has 5 nitrogen and oxygen atoms in total. The van der Waals surface area contributed by atoms with Gasteiger partial charge in [-0.15, -0.1) is 11.8 Å². The first-order chi connectivity index (χ1) is 15.1. The average Bonchev–Trinajstić information content (AvgIpc) is 3.30. The van der Waals surface area contributed by atoms with Gasteiger partial charge in [0.25, 0.3) is 0 Å². The number of para-hydroxylation sites is 1. The molecule has 2 atom stereocenters. The van der Waals surface area contributed by atoms with Gasteiger partial charge in [-0.2, -0.15) is 0 Å². The SMILES string of the molecule is COc1ccc(C2NC(C(=O)O)CS2)cc1COc1ccccc1Cc1ccccc1. The summed E-state index contributed by atoms with van der Waals surface area (Å²) in [6.45, 7) is 0.364. The third-order valence-electron chi connectivity index (χ3n) is 5.28. The lowest BCUT2D eigenvalue weighted by atomic mass is 10.0. The van der Waals surface area contributed by atoms with Crippen LogP contribution in [0.1, 0.15) is 27.6 Å². The van der Waals surface area contributed by atoms with Crippen molar-refractivity contribution < 1.29 is 19.4 Å². The highest BCUT2D eigenvalue weighted by Gasteiger charge is 2.30. The quantitative estimate of drug-likeness (QED) is 0.537. The fourth-order valence-electron chi connectivity index (χ4n) is 3.64. The van der Waals surface area contributed by atoms with Crippen LogP contribution in [-0.2, 0) is 17.8 Å². The molecule has 0 amide bonds. The fourth-order valence-corrected chi connectivity index (χ4v) is 4.87. The molecule has 0 aromatic heterocycles. The minimum atomic E-state index is -0.818. The number of carboxylic acid groups (broad SMARTS) is 1. The third-order valence-corrected chi connectivity index (χ3v) is 6.55. The molecule has 1 heterocycles. The summed E-state index contributed by atoms with van der Waals surface area (Å²) in [7, 11) is 1.64. The van der Waals surface area contributed by atoms with Crippen LogP contribution >= 0.6 is 11.8 Å². The lowest BCUT2D eigenvalue weighted by molar-refractivity contribution is -0.138. The Bertz CT molecular complexity index is 1040. The molecule has 1 saturated heterocycles. The van der Waals surface area contributed by atoms with E-state index in [1.165, 1.54) is 5.56 Å². The van der Waals surface area contributed by atoms with Gasteiger partial charge in [0, 0.05) is 17.7 Å². The largest absolute Gasteiger partial charge is 0.496 e. The van der Waals surface area contributed by atoms with E-state index >= 15 is 0 Å². The molecule has 2 unspecified atom stereocenters. The molecule has 2 N–H and O–H groups in total. The second-order valence-electron chi connectivity index (χ2n) is 7.40. The van der Waals surface area contributed by atoms with Gasteiger partial charge in [-0.1, -0.05) is 54.6 Å². The summed E-state index contributed by atoms with van der Waals surface area (Å²) >= 11 is 1.60. The zero-order chi connectivity index (χ0) is 21.6. The van der Waals surface area contributed by atoms with E-state index in [-0.39, 0.29) is 5.37 Å². The van der Waals surface area contributed by atoms with Crippen molar-refractivity contribution in [1.82, 2.24) is 5.32 Å². The Hall–Kier alpha value is -2.96. The van der Waals surface area contributed by atoms with E-state index in [1.807, 2.05) is 54.6 Å². The van der Waals surface area contributed by atoms with Crippen molar-refractivity contribution in [3.05, 3.63) is 95.1 Å². The molecule has 4 rings (SSSR count). The Kier molecular flexibility index (Phi) is 6.79. The molecule has 0 spiro atoms. The molecule has 160 valence electrons. The van der Waals surface area contributed by atoms with Gasteiger partial charge in [-0.05, 0) is 34.9 Å². The highest BCUT2D eigenvalue weighted by atomic mass is 32.2. The first-order valence-corrected chi connectivity index (χ1v) is 11.2. The summed E-state index contributed by atoms with van der Waals surface area (Å²) in [5.41, 5.74) is 4.30. The number of hydrogen-bond donors (Lipinski definition) is 2. The summed E-state index contributed by atoms with van der Waals surface area (Å²) < 4.78 is 11.7. The number of methoxy groups -OCH3 is 1. The van der Waals surface area contributed by atoms with Crippen molar-refractivity contribution in [1.29, 1.82) is 0 Å². The molecule has 1 aliphatic heterocycles. The second-order valence-corrected chi connectivity index (χ2v) is 8.54. The van der Waals surface area contributed by atoms with Crippen molar-refractivity contribution in [2.45, 2.75) is 24.4 Å². The van der Waals surface area contributed by atoms with E-state index in [0.717, 1.165) is 34.6 Å². The number of aliphatic carboxylic acids is 1. The Morgan fingerprint density at radius 2 is 1.81 bits per heavy atom. The van der Waals surface area contributed by atoms with Gasteiger partial charge in [0.1, 0.15) is 24.1 Å². The summed E-state index contributed by atoms with van der Waals surface area (Å²) in [6.07, 6.45) is 0.799. The number of carbonyl (C=O) groups is 1. The molecule has 0 bridgehead atoms. The standard InChI is InChI=1S/C25H25NO4S/c1-29-22-12-11-19(24-26-21(16-31-24)25(27)28)14-20(22)15-30-23-10-6-5-9-18(23)13-17-7-3-2-4-8-17/h2-12,14,21,24,26H,13,15-16H2,1H3,(H,27,28). The molecule has 1 fully saturated rings. The van der Waals surface area contributed by atoms with Crippen LogP contribution < -0.4 is 14.8 Å². The molecule has 6 heteroatoms. The van der Waals surface area contributed by atoms with E-state index in [2.05, 4.69) is 23.5 Å². The normalized spacial score (nSPS) is 18.0. The van der Waals surface area contributed by atoms with Crippen molar-refractivity contribution in [3.8, 4) is 11.5 Å². The number of hydrogen-bond acceptors (Lipinski definition) is 5. The Morgan fingerprint density at radius 1 is 1.03 bits per heavy atom. The number of carboxylic acids is 1. The molecule has 1 aliphatic rings. The zero-order valence-electron chi connectivity index (χ0n) is 17.3. The van der Waals surface area contributed by atoms with Crippen LogP contribution in [0.25, 0.3) is 0 Å². The van der Waals surface area contributed by atoms with Crippen LogP contribution in [-0.4, -0.2) is 30.0 Å². The van der Waals surface area contributed by atoms with Crippen LogP contribution in [0, 0.1) is 0 Å². The number of benzene rings is 3. The van der Waals surface area contributed by atoms with Gasteiger partial charge in [0.15, 0.2) is 0 Å². The van der Waals surface area contributed by atoms with Gasteiger partial charge in [-0.3, -0.25) is 10.1 Å². The first kappa shape index (κ1) is 21.3. The Labute approximate surface area is 186 Å². The predicted molar refractivity (Wildman–Crippen MR) is 123 cm³/mol. The van der Waals surface area contributed by atoms with E-state index in [9.17, 15) is 9.90 Å². The summed E-state index contributed by atoms with van der Waals surface area (Å²) in [5.74, 6) is 1.33. The molecule has 0 radical (unpaired) electrons. The highest BCUT2D eigenvalue weighted by molar-refractivity contribution is 7.99. The summed E-state index contributed by atoms with van der Waals surface area (Å²) in [6, 6.07) is 23.8. The first-order valence-electron chi connectivity index (χ1n) is 10.2. The Balaban J connectivity index is 1.50. The molecule has 3 aromatic rings. The van der Waals surface area contributed by atoms with Crippen molar-refractivity contribution in [3.63, 3.8) is 0 Å². The second kappa shape index (κ2) is 9.90. The van der Waals surface area contributed by atoms with Gasteiger partial charge in [0.2, 0.25) is 0 Å². The number of thioether (sulfide) groups is 1. The Morgan fingerprint density at radius 3 is 2.55 bits per heavy atom. The monoisotopic (exact) mass is 435 g/mol. The van der Waals surface area contributed by atoms with Gasteiger partial charge < -0.3 is 14.6 Å². The fraction of sp³-hybridized carbons (Fsp3) is 0.240. The molecular formula is C25H25NO4S. The van der Waals surface area contributed by atoms with Crippen molar-refractivity contribution in [2.75, 3.05) is 12.9 Å². The molecule has 0 aliphatic carbocycles. The van der Waals surface area contributed by atoms with Crippen LogP contribution in [0.15, 0.2) is 72.8 Å². The molecular weight excluding hydrogens is 410 g/mol. The maximum absolute atomic E-state index is 11.3. The lowest BCUT2D eigenvalue weighted by Crippen LogP contribution is -2.33. The lowest BCUT2D eigenvalue weighted by Gasteiger charge is -2.17. The van der Waals surface area contributed by atoms with Crippen molar-refractivity contribution >= 4 is 17.7 Å². The van der Waals surface area contributed by atoms with E-state index in [1.54, 1.807) is 18.9 Å². The molecule has 3 aromatic carbocycles. The third kappa shape index (κ3) is 5.21. The smallest absolute Gasteiger partial charge is 0.321 e. The van der Waals surface area contributed by atoms with Crippen molar-refractivity contribution in [2.24, 2.45) is 0 Å². The number of ether oxygens (including phenoxy) is 2. The number of rotatable bonds is 8. The van der Waals surface area contributed by atoms with Gasteiger partial charge in [0.05, 0.1) is 12.5 Å². The van der Waals surface area contributed by atoms with Gasteiger partial charge in [-0.25, -0.2) is 0 Å². The van der Waals surface area contributed by atoms with Crippen LogP contribution in [0.5, 0.6) is 11.5 Å². The topological polar surface area (TPSA) is 67.8 Å². The van der Waals surface area contributed by atoms with Crippen LogP contribution in [0.3, 0.4) is 0 Å².